The summed E-state index contributed by atoms with van der Waals surface area (Å²) in [6.45, 7) is 1.06. The minimum Gasteiger partial charge on any atom is -0.347 e. The molecule has 0 bridgehead atoms. The van der Waals surface area contributed by atoms with Gasteiger partial charge in [-0.1, -0.05) is 35.3 Å². The summed E-state index contributed by atoms with van der Waals surface area (Å²) in [7, 11) is 1.80. The molecule has 1 amide bonds. The second kappa shape index (κ2) is 9.37. The molecule has 1 fully saturated rings. The van der Waals surface area contributed by atoms with Crippen molar-refractivity contribution in [3.05, 3.63) is 75.4 Å². The van der Waals surface area contributed by atoms with E-state index in [4.69, 9.17) is 23.2 Å². The minimum absolute atomic E-state index is 0.294. The van der Waals surface area contributed by atoms with E-state index < -0.39 is 17.8 Å². The number of nitrogens with zero attached hydrogens (tertiary/aromatic N) is 2. The van der Waals surface area contributed by atoms with Gasteiger partial charge >= 0.3 is 6.18 Å². The zero-order valence-corrected chi connectivity index (χ0v) is 19.1. The maximum absolute atomic E-state index is 13.3. The number of halogens is 5. The van der Waals surface area contributed by atoms with Gasteiger partial charge in [0, 0.05) is 42.9 Å². The number of rotatable bonds is 4. The SMILES string of the molecule is Cn1nccc1-c1ccc(C(=O)N[C@@H]2CNCC[C@H]2c2ccc(Cl)c(C(F)(F)F)c2)cc1Cl. The molecule has 1 saturated heterocycles. The van der Waals surface area contributed by atoms with Gasteiger partial charge in [0.2, 0.25) is 0 Å². The summed E-state index contributed by atoms with van der Waals surface area (Å²) in [5, 5.41) is 10.3. The molecule has 2 atom stereocenters. The third-order valence-corrected chi connectivity index (χ3v) is 6.49. The van der Waals surface area contributed by atoms with Crippen LogP contribution in [0.25, 0.3) is 11.3 Å². The van der Waals surface area contributed by atoms with Gasteiger partial charge in [0.05, 0.1) is 21.3 Å². The normalized spacial score (nSPS) is 18.8. The molecule has 0 radical (unpaired) electrons. The first-order chi connectivity index (χ1) is 15.6. The Hall–Kier alpha value is -2.55. The monoisotopic (exact) mass is 496 g/mol. The van der Waals surface area contributed by atoms with Crippen molar-refractivity contribution < 1.29 is 18.0 Å². The van der Waals surface area contributed by atoms with Gasteiger partial charge in [-0.2, -0.15) is 18.3 Å². The molecule has 4 rings (SSSR count). The summed E-state index contributed by atoms with van der Waals surface area (Å²) in [6, 6.07) is 10.3. The van der Waals surface area contributed by atoms with Crippen LogP contribution in [0.1, 0.15) is 33.8 Å². The molecule has 10 heteroatoms. The third kappa shape index (κ3) is 5.03. The van der Waals surface area contributed by atoms with Crippen molar-refractivity contribution >= 4 is 29.1 Å². The minimum atomic E-state index is -4.55. The number of benzene rings is 2. The van der Waals surface area contributed by atoms with Crippen LogP contribution in [-0.4, -0.2) is 34.8 Å². The predicted octanol–water partition coefficient (Wildman–Crippen LogP) is 5.29. The number of aromatic nitrogens is 2. The molecule has 2 aromatic carbocycles. The highest BCUT2D eigenvalue weighted by molar-refractivity contribution is 6.33. The molecule has 2 heterocycles. The van der Waals surface area contributed by atoms with Crippen LogP contribution in [-0.2, 0) is 13.2 Å². The first-order valence-electron chi connectivity index (χ1n) is 10.3. The van der Waals surface area contributed by atoms with Crippen molar-refractivity contribution in [1.29, 1.82) is 0 Å². The lowest BCUT2D eigenvalue weighted by Gasteiger charge is -2.33. The van der Waals surface area contributed by atoms with Gasteiger partial charge in [0.1, 0.15) is 0 Å². The maximum atomic E-state index is 13.3. The van der Waals surface area contributed by atoms with E-state index in [1.165, 1.54) is 6.07 Å². The van der Waals surface area contributed by atoms with E-state index in [-0.39, 0.29) is 16.8 Å². The number of piperidine rings is 1. The molecule has 1 aliphatic rings. The highest BCUT2D eigenvalue weighted by atomic mass is 35.5. The van der Waals surface area contributed by atoms with E-state index in [0.29, 0.717) is 35.7 Å². The van der Waals surface area contributed by atoms with Crippen LogP contribution in [0, 0.1) is 0 Å². The Bertz CT molecular complexity index is 1180. The lowest BCUT2D eigenvalue weighted by atomic mass is 9.85. The smallest absolute Gasteiger partial charge is 0.347 e. The van der Waals surface area contributed by atoms with Crippen molar-refractivity contribution in [3.8, 4) is 11.3 Å². The number of carbonyl (C=O) groups is 1. The Morgan fingerprint density at radius 1 is 1.15 bits per heavy atom. The summed E-state index contributed by atoms with van der Waals surface area (Å²) in [6.07, 6.45) is -2.32. The molecule has 3 aromatic rings. The standard InChI is InChI=1S/C23H21Cl2F3N4O/c1-32-21(7-9-30-32)16-4-2-14(11-19(16)25)22(33)31-20-12-29-8-6-15(20)13-3-5-18(24)17(10-13)23(26,27)28/h2-5,7,9-11,15,20,29H,6,8,12H2,1H3,(H,31,33)/t15-,20+/m0/s1. The average Bonchev–Trinajstić information content (AvgIpc) is 3.19. The van der Waals surface area contributed by atoms with Gasteiger partial charge in [0.25, 0.3) is 5.91 Å². The van der Waals surface area contributed by atoms with Crippen LogP contribution < -0.4 is 10.6 Å². The van der Waals surface area contributed by atoms with Crippen LogP contribution in [0.5, 0.6) is 0 Å². The zero-order chi connectivity index (χ0) is 23.8. The van der Waals surface area contributed by atoms with Gasteiger partial charge in [-0.3, -0.25) is 9.48 Å². The fourth-order valence-corrected chi connectivity index (χ4v) is 4.66. The molecule has 0 spiro atoms. The number of hydrogen-bond donors (Lipinski definition) is 2. The second-order valence-electron chi connectivity index (χ2n) is 7.95. The molecule has 33 heavy (non-hydrogen) atoms. The quantitative estimate of drug-likeness (QED) is 0.515. The maximum Gasteiger partial charge on any atom is 0.417 e. The zero-order valence-electron chi connectivity index (χ0n) is 17.6. The Labute approximate surface area is 198 Å². The summed E-state index contributed by atoms with van der Waals surface area (Å²) < 4.78 is 41.7. The fraction of sp³-hybridized carbons (Fsp3) is 0.304. The lowest BCUT2D eigenvalue weighted by molar-refractivity contribution is -0.137. The lowest BCUT2D eigenvalue weighted by Crippen LogP contribution is -2.50. The van der Waals surface area contributed by atoms with Crippen LogP contribution in [0.4, 0.5) is 13.2 Å². The average molecular weight is 497 g/mol. The van der Waals surface area contributed by atoms with Gasteiger partial charge in [-0.25, -0.2) is 0 Å². The molecule has 174 valence electrons. The van der Waals surface area contributed by atoms with Gasteiger partial charge < -0.3 is 10.6 Å². The summed E-state index contributed by atoms with van der Waals surface area (Å²) in [4.78, 5) is 13.0. The molecule has 1 aromatic heterocycles. The molecule has 0 aliphatic carbocycles. The molecule has 0 unspecified atom stereocenters. The van der Waals surface area contributed by atoms with Crippen molar-refractivity contribution in [1.82, 2.24) is 20.4 Å². The molecule has 1 aliphatic heterocycles. The number of carbonyl (C=O) groups excluding carboxylic acids is 1. The van der Waals surface area contributed by atoms with E-state index >= 15 is 0 Å². The summed E-state index contributed by atoms with van der Waals surface area (Å²) in [5.41, 5.74) is 1.53. The summed E-state index contributed by atoms with van der Waals surface area (Å²) >= 11 is 12.2. The third-order valence-electron chi connectivity index (χ3n) is 5.85. The Morgan fingerprint density at radius 3 is 2.61 bits per heavy atom. The first-order valence-corrected chi connectivity index (χ1v) is 11.1. The number of alkyl halides is 3. The van der Waals surface area contributed by atoms with Gasteiger partial charge in [0.15, 0.2) is 0 Å². The fourth-order valence-electron chi connectivity index (χ4n) is 4.15. The van der Waals surface area contributed by atoms with Crippen LogP contribution in [0.2, 0.25) is 10.0 Å². The molecular formula is C23H21Cl2F3N4O. The number of nitrogens with one attached hydrogen (secondary N) is 2. The number of aryl methyl sites for hydroxylation is 1. The van der Waals surface area contributed by atoms with E-state index in [9.17, 15) is 18.0 Å². The molecular weight excluding hydrogens is 476 g/mol. The van der Waals surface area contributed by atoms with Gasteiger partial charge in [-0.05, 0) is 48.9 Å². The van der Waals surface area contributed by atoms with Crippen molar-refractivity contribution in [2.45, 2.75) is 24.6 Å². The highest BCUT2D eigenvalue weighted by Crippen LogP contribution is 2.38. The van der Waals surface area contributed by atoms with E-state index in [2.05, 4.69) is 15.7 Å². The van der Waals surface area contributed by atoms with Crippen molar-refractivity contribution in [2.75, 3.05) is 13.1 Å². The van der Waals surface area contributed by atoms with E-state index in [0.717, 1.165) is 17.3 Å². The molecule has 0 saturated carbocycles. The van der Waals surface area contributed by atoms with Gasteiger partial charge in [-0.15, -0.1) is 0 Å². The van der Waals surface area contributed by atoms with Crippen LogP contribution in [0.15, 0.2) is 48.7 Å². The predicted molar refractivity (Wildman–Crippen MR) is 122 cm³/mol. The largest absolute Gasteiger partial charge is 0.417 e. The summed E-state index contributed by atoms with van der Waals surface area (Å²) in [5.74, 6) is -0.644. The molecule has 5 nitrogen and oxygen atoms in total. The topological polar surface area (TPSA) is 59.0 Å². The van der Waals surface area contributed by atoms with Crippen LogP contribution in [0.3, 0.4) is 0 Å². The number of hydrogen-bond acceptors (Lipinski definition) is 3. The van der Waals surface area contributed by atoms with Crippen molar-refractivity contribution in [2.24, 2.45) is 7.05 Å². The molecule has 2 N–H and O–H groups in total. The van der Waals surface area contributed by atoms with E-state index in [1.807, 2.05) is 6.07 Å². The first kappa shape index (κ1) is 23.6. The van der Waals surface area contributed by atoms with E-state index in [1.54, 1.807) is 42.2 Å². The van der Waals surface area contributed by atoms with Crippen molar-refractivity contribution in [3.63, 3.8) is 0 Å². The highest BCUT2D eigenvalue weighted by Gasteiger charge is 2.35. The Kier molecular flexibility index (Phi) is 6.70. The van der Waals surface area contributed by atoms with Crippen LogP contribution >= 0.6 is 23.2 Å². The Morgan fingerprint density at radius 2 is 1.94 bits per heavy atom. The second-order valence-corrected chi connectivity index (χ2v) is 8.77. The number of amides is 1. The Balaban J connectivity index is 1.56.